The summed E-state index contributed by atoms with van der Waals surface area (Å²) < 4.78 is 0. The fourth-order valence-corrected chi connectivity index (χ4v) is 3.10. The number of hydrogen-bond acceptors (Lipinski definition) is 3. The SMILES string of the molecule is Cc1ccc(NC(=O)C2CCCCCC2)cc1NC(=O)CN(C)C. The first-order valence-corrected chi connectivity index (χ1v) is 8.82. The van der Waals surface area contributed by atoms with E-state index in [4.69, 9.17) is 0 Å². The Labute approximate surface area is 144 Å². The minimum Gasteiger partial charge on any atom is -0.326 e. The van der Waals surface area contributed by atoms with Gasteiger partial charge in [0, 0.05) is 17.3 Å². The summed E-state index contributed by atoms with van der Waals surface area (Å²) in [4.78, 5) is 26.3. The van der Waals surface area contributed by atoms with Crippen molar-refractivity contribution in [1.29, 1.82) is 0 Å². The number of carbonyl (C=O) groups is 2. The summed E-state index contributed by atoms with van der Waals surface area (Å²) in [5, 5.41) is 5.93. The lowest BCUT2D eigenvalue weighted by Gasteiger charge is -2.16. The van der Waals surface area contributed by atoms with Crippen molar-refractivity contribution in [3.63, 3.8) is 0 Å². The van der Waals surface area contributed by atoms with Gasteiger partial charge >= 0.3 is 0 Å². The van der Waals surface area contributed by atoms with Crippen LogP contribution in [0.25, 0.3) is 0 Å². The van der Waals surface area contributed by atoms with Crippen LogP contribution < -0.4 is 10.6 Å². The molecule has 2 N–H and O–H groups in total. The molecule has 5 heteroatoms. The van der Waals surface area contributed by atoms with Crippen LogP contribution in [0.3, 0.4) is 0 Å². The molecule has 0 radical (unpaired) electrons. The Balaban J connectivity index is 2.01. The molecule has 24 heavy (non-hydrogen) atoms. The van der Waals surface area contributed by atoms with Gasteiger partial charge in [0.05, 0.1) is 6.54 Å². The van der Waals surface area contributed by atoms with Crippen molar-refractivity contribution < 1.29 is 9.59 Å². The Bertz CT molecular complexity index is 576. The Kier molecular flexibility index (Phi) is 6.79. The molecule has 0 atom stereocenters. The van der Waals surface area contributed by atoms with Crippen LogP contribution in [0.2, 0.25) is 0 Å². The predicted molar refractivity (Wildman–Crippen MR) is 98.2 cm³/mol. The van der Waals surface area contributed by atoms with Gasteiger partial charge in [-0.05, 0) is 51.6 Å². The van der Waals surface area contributed by atoms with E-state index in [2.05, 4.69) is 10.6 Å². The first kappa shape index (κ1) is 18.5. The minimum atomic E-state index is -0.0599. The molecule has 2 amide bonds. The van der Waals surface area contributed by atoms with Crippen LogP contribution >= 0.6 is 0 Å². The number of benzene rings is 1. The molecular formula is C19H29N3O2. The Hall–Kier alpha value is -1.88. The van der Waals surface area contributed by atoms with Crippen LogP contribution in [0.15, 0.2) is 18.2 Å². The number of nitrogens with zero attached hydrogens (tertiary/aromatic N) is 1. The van der Waals surface area contributed by atoms with Gasteiger partial charge in [-0.3, -0.25) is 9.59 Å². The van der Waals surface area contributed by atoms with E-state index in [1.165, 1.54) is 12.8 Å². The number of amides is 2. The quantitative estimate of drug-likeness (QED) is 0.813. The Morgan fingerprint density at radius 3 is 2.38 bits per heavy atom. The molecule has 0 unspecified atom stereocenters. The molecule has 0 spiro atoms. The van der Waals surface area contributed by atoms with E-state index in [0.29, 0.717) is 6.54 Å². The summed E-state index contributed by atoms with van der Waals surface area (Å²) in [5.74, 6) is 0.155. The standard InChI is InChI=1S/C19H29N3O2/c1-14-10-11-16(12-17(14)21-18(23)13-22(2)3)20-19(24)15-8-6-4-5-7-9-15/h10-12,15H,4-9,13H2,1-3H3,(H,20,24)(H,21,23). The van der Waals surface area contributed by atoms with Crippen LogP contribution in [0.4, 0.5) is 11.4 Å². The van der Waals surface area contributed by atoms with E-state index in [9.17, 15) is 9.59 Å². The number of rotatable bonds is 5. The summed E-state index contributed by atoms with van der Waals surface area (Å²) in [6, 6.07) is 5.66. The van der Waals surface area contributed by atoms with Gasteiger partial charge in [-0.1, -0.05) is 31.7 Å². The molecule has 5 nitrogen and oxygen atoms in total. The number of carbonyl (C=O) groups excluding carboxylic acids is 2. The molecule has 0 aliphatic heterocycles. The number of aryl methyl sites for hydroxylation is 1. The zero-order chi connectivity index (χ0) is 17.5. The van der Waals surface area contributed by atoms with Crippen molar-refractivity contribution in [3.05, 3.63) is 23.8 Å². The maximum absolute atomic E-state index is 12.5. The van der Waals surface area contributed by atoms with Crippen molar-refractivity contribution in [3.8, 4) is 0 Å². The van der Waals surface area contributed by atoms with Gasteiger partial charge in [0.25, 0.3) is 0 Å². The summed E-state index contributed by atoms with van der Waals surface area (Å²) >= 11 is 0. The summed E-state index contributed by atoms with van der Waals surface area (Å²) in [6.45, 7) is 2.28. The van der Waals surface area contributed by atoms with Crippen LogP contribution in [-0.4, -0.2) is 37.4 Å². The normalized spacial score (nSPS) is 15.8. The third-order valence-electron chi connectivity index (χ3n) is 4.46. The van der Waals surface area contributed by atoms with Crippen molar-refractivity contribution in [1.82, 2.24) is 4.90 Å². The van der Waals surface area contributed by atoms with E-state index < -0.39 is 0 Å². The first-order valence-electron chi connectivity index (χ1n) is 8.82. The molecular weight excluding hydrogens is 302 g/mol. The maximum Gasteiger partial charge on any atom is 0.238 e. The molecule has 1 saturated carbocycles. The van der Waals surface area contributed by atoms with Gasteiger partial charge < -0.3 is 15.5 Å². The minimum absolute atomic E-state index is 0.0599. The largest absolute Gasteiger partial charge is 0.326 e. The molecule has 1 aromatic rings. The van der Waals surface area contributed by atoms with E-state index in [-0.39, 0.29) is 17.7 Å². The molecule has 1 aromatic carbocycles. The Morgan fingerprint density at radius 2 is 1.75 bits per heavy atom. The zero-order valence-corrected chi connectivity index (χ0v) is 15.0. The molecule has 0 heterocycles. The number of nitrogens with one attached hydrogen (secondary N) is 2. The second kappa shape index (κ2) is 8.83. The zero-order valence-electron chi connectivity index (χ0n) is 15.0. The second-order valence-electron chi connectivity index (χ2n) is 6.99. The van der Waals surface area contributed by atoms with Gasteiger partial charge in [0.1, 0.15) is 0 Å². The first-order chi connectivity index (χ1) is 11.5. The highest BCUT2D eigenvalue weighted by atomic mass is 16.2. The molecule has 1 fully saturated rings. The third kappa shape index (κ3) is 5.64. The van der Waals surface area contributed by atoms with E-state index in [1.807, 2.05) is 44.1 Å². The fraction of sp³-hybridized carbons (Fsp3) is 0.579. The van der Waals surface area contributed by atoms with Crippen molar-refractivity contribution in [2.75, 3.05) is 31.3 Å². The van der Waals surface area contributed by atoms with Gasteiger partial charge in [-0.25, -0.2) is 0 Å². The highest BCUT2D eigenvalue weighted by Crippen LogP contribution is 2.25. The second-order valence-corrected chi connectivity index (χ2v) is 6.99. The molecule has 1 aliphatic carbocycles. The Morgan fingerprint density at radius 1 is 1.08 bits per heavy atom. The lowest BCUT2D eigenvalue weighted by molar-refractivity contribution is -0.120. The lowest BCUT2D eigenvalue weighted by Crippen LogP contribution is -2.27. The molecule has 132 valence electrons. The van der Waals surface area contributed by atoms with Gasteiger partial charge in [-0.15, -0.1) is 0 Å². The van der Waals surface area contributed by atoms with Crippen molar-refractivity contribution >= 4 is 23.2 Å². The van der Waals surface area contributed by atoms with Crippen LogP contribution in [0.5, 0.6) is 0 Å². The van der Waals surface area contributed by atoms with E-state index >= 15 is 0 Å². The summed E-state index contributed by atoms with van der Waals surface area (Å²) in [6.07, 6.45) is 6.69. The van der Waals surface area contributed by atoms with Crippen molar-refractivity contribution in [2.24, 2.45) is 5.92 Å². The number of anilines is 2. The number of hydrogen-bond donors (Lipinski definition) is 2. The highest BCUT2D eigenvalue weighted by molar-refractivity contribution is 5.96. The van der Waals surface area contributed by atoms with Crippen LogP contribution in [0.1, 0.15) is 44.1 Å². The highest BCUT2D eigenvalue weighted by Gasteiger charge is 2.20. The topological polar surface area (TPSA) is 61.4 Å². The van der Waals surface area contributed by atoms with Crippen molar-refractivity contribution in [2.45, 2.75) is 45.4 Å². The van der Waals surface area contributed by atoms with E-state index in [0.717, 1.165) is 42.6 Å². The van der Waals surface area contributed by atoms with Crippen LogP contribution in [0, 0.1) is 12.8 Å². The predicted octanol–water partition coefficient (Wildman–Crippen LogP) is 3.40. The molecule has 0 aromatic heterocycles. The molecule has 0 saturated heterocycles. The number of likely N-dealkylation sites (N-methyl/N-ethyl adjacent to an activating group) is 1. The average molecular weight is 331 g/mol. The van der Waals surface area contributed by atoms with Gasteiger partial charge in [0.15, 0.2) is 0 Å². The molecule has 1 aliphatic rings. The van der Waals surface area contributed by atoms with E-state index in [1.54, 1.807) is 0 Å². The molecule has 2 rings (SSSR count). The maximum atomic E-state index is 12.5. The lowest BCUT2D eigenvalue weighted by atomic mass is 9.99. The van der Waals surface area contributed by atoms with Gasteiger partial charge in [-0.2, -0.15) is 0 Å². The summed E-state index contributed by atoms with van der Waals surface area (Å²) in [7, 11) is 3.71. The fourth-order valence-electron chi connectivity index (χ4n) is 3.10. The molecule has 0 bridgehead atoms. The summed E-state index contributed by atoms with van der Waals surface area (Å²) in [5.41, 5.74) is 2.48. The van der Waals surface area contributed by atoms with Crippen LogP contribution in [-0.2, 0) is 9.59 Å². The van der Waals surface area contributed by atoms with Gasteiger partial charge in [0.2, 0.25) is 11.8 Å². The smallest absolute Gasteiger partial charge is 0.238 e. The average Bonchev–Trinajstić information content (AvgIpc) is 2.79. The monoisotopic (exact) mass is 331 g/mol. The third-order valence-corrected chi connectivity index (χ3v) is 4.46.